The Hall–Kier alpha value is -1.20. The van der Waals surface area contributed by atoms with Gasteiger partial charge in [-0.2, -0.15) is 0 Å². The van der Waals surface area contributed by atoms with Gasteiger partial charge in [0, 0.05) is 31.1 Å². The van der Waals surface area contributed by atoms with Crippen molar-refractivity contribution in [2.45, 2.75) is 64.9 Å². The molecule has 1 aromatic rings. The van der Waals surface area contributed by atoms with E-state index in [1.165, 1.54) is 0 Å². The van der Waals surface area contributed by atoms with Crippen LogP contribution in [0, 0.1) is 5.82 Å². The molecule has 5 heteroatoms. The summed E-state index contributed by atoms with van der Waals surface area (Å²) in [6.07, 6.45) is 4.40. The van der Waals surface area contributed by atoms with Crippen molar-refractivity contribution in [2.75, 3.05) is 6.54 Å². The third-order valence-corrected chi connectivity index (χ3v) is 3.61. The van der Waals surface area contributed by atoms with Gasteiger partial charge in [-0.25, -0.2) is 9.37 Å². The van der Waals surface area contributed by atoms with Crippen LogP contribution < -0.4 is 10.1 Å². The quantitative estimate of drug-likeness (QED) is 0.819. The molecule has 0 aromatic carbocycles. The Morgan fingerprint density at radius 3 is 2.76 bits per heavy atom. The monoisotopic (exact) mass is 296 g/mol. The van der Waals surface area contributed by atoms with E-state index in [4.69, 9.17) is 9.47 Å². The number of rotatable bonds is 6. The maximum atomic E-state index is 14.4. The van der Waals surface area contributed by atoms with E-state index < -0.39 is 0 Å². The van der Waals surface area contributed by atoms with Crippen molar-refractivity contribution in [1.82, 2.24) is 10.3 Å². The van der Waals surface area contributed by atoms with Gasteiger partial charge >= 0.3 is 0 Å². The second-order valence-corrected chi connectivity index (χ2v) is 5.73. The van der Waals surface area contributed by atoms with E-state index in [0.717, 1.165) is 25.8 Å². The zero-order chi connectivity index (χ0) is 15.2. The van der Waals surface area contributed by atoms with E-state index in [-0.39, 0.29) is 30.0 Å². The van der Waals surface area contributed by atoms with Gasteiger partial charge in [0.05, 0.1) is 12.2 Å². The molecule has 0 amide bonds. The van der Waals surface area contributed by atoms with Gasteiger partial charge in [0.1, 0.15) is 6.10 Å². The lowest BCUT2D eigenvalue weighted by atomic mass is 10.0. The van der Waals surface area contributed by atoms with Crippen LogP contribution in [-0.2, 0) is 11.3 Å². The molecule has 2 atom stereocenters. The predicted octanol–water partition coefficient (Wildman–Crippen LogP) is 3.06. The maximum Gasteiger partial charge on any atom is 0.250 e. The van der Waals surface area contributed by atoms with Gasteiger partial charge in [0.2, 0.25) is 0 Å². The third-order valence-electron chi connectivity index (χ3n) is 3.61. The summed E-state index contributed by atoms with van der Waals surface area (Å²) in [7, 11) is 0. The topological polar surface area (TPSA) is 43.4 Å². The number of halogens is 1. The fraction of sp³-hybridized carbons (Fsp3) is 0.688. The van der Waals surface area contributed by atoms with E-state index in [2.05, 4.69) is 17.2 Å². The van der Waals surface area contributed by atoms with Crippen LogP contribution in [0.25, 0.3) is 0 Å². The van der Waals surface area contributed by atoms with Gasteiger partial charge in [-0.1, -0.05) is 6.92 Å². The highest BCUT2D eigenvalue weighted by atomic mass is 19.1. The normalized spacial score (nSPS) is 25.8. The van der Waals surface area contributed by atoms with Crippen molar-refractivity contribution in [3.05, 3.63) is 23.6 Å². The van der Waals surface area contributed by atoms with Gasteiger partial charge in [0.15, 0.2) is 5.82 Å². The second-order valence-electron chi connectivity index (χ2n) is 5.73. The van der Waals surface area contributed by atoms with Crippen LogP contribution in [0.15, 0.2) is 12.3 Å². The van der Waals surface area contributed by atoms with Crippen LogP contribution in [0.2, 0.25) is 0 Å². The van der Waals surface area contributed by atoms with E-state index >= 15 is 0 Å². The SMILES string of the molecule is CCCNCc1ccnc(OC2CC(C)OC(C)C2)c1F. The molecule has 0 radical (unpaired) electrons. The van der Waals surface area contributed by atoms with Gasteiger partial charge in [0.25, 0.3) is 5.88 Å². The average Bonchev–Trinajstić information content (AvgIpc) is 2.42. The molecule has 1 saturated heterocycles. The summed E-state index contributed by atoms with van der Waals surface area (Å²) in [5, 5.41) is 3.19. The number of hydrogen-bond donors (Lipinski definition) is 1. The summed E-state index contributed by atoms with van der Waals surface area (Å²) in [5.74, 6) is -0.245. The van der Waals surface area contributed by atoms with Crippen molar-refractivity contribution in [1.29, 1.82) is 0 Å². The average molecular weight is 296 g/mol. The molecule has 0 spiro atoms. The number of nitrogens with zero attached hydrogens (tertiary/aromatic N) is 1. The molecule has 0 aliphatic carbocycles. The van der Waals surface area contributed by atoms with Crippen molar-refractivity contribution in [3.8, 4) is 5.88 Å². The summed E-state index contributed by atoms with van der Waals surface area (Å²) in [5.41, 5.74) is 0.599. The number of pyridine rings is 1. The van der Waals surface area contributed by atoms with Crippen molar-refractivity contribution >= 4 is 0 Å². The Kier molecular flexibility index (Phi) is 5.94. The highest BCUT2D eigenvalue weighted by Gasteiger charge is 2.27. The van der Waals surface area contributed by atoms with Crippen LogP contribution >= 0.6 is 0 Å². The molecule has 1 aliphatic rings. The molecule has 4 nitrogen and oxygen atoms in total. The molecule has 1 fully saturated rings. The first-order valence-electron chi connectivity index (χ1n) is 7.76. The second kappa shape index (κ2) is 7.71. The predicted molar refractivity (Wildman–Crippen MR) is 79.9 cm³/mol. The molecule has 2 rings (SSSR count). The van der Waals surface area contributed by atoms with E-state index in [0.29, 0.717) is 12.1 Å². The van der Waals surface area contributed by atoms with Crippen LogP contribution in [0.4, 0.5) is 4.39 Å². The summed E-state index contributed by atoms with van der Waals surface area (Å²) < 4.78 is 25.8. The molecule has 118 valence electrons. The van der Waals surface area contributed by atoms with E-state index in [1.807, 2.05) is 13.8 Å². The van der Waals surface area contributed by atoms with Crippen LogP contribution in [0.3, 0.4) is 0 Å². The van der Waals surface area contributed by atoms with Crippen molar-refractivity contribution < 1.29 is 13.9 Å². The van der Waals surface area contributed by atoms with Crippen LogP contribution in [0.5, 0.6) is 5.88 Å². The third kappa shape index (κ3) is 4.64. The largest absolute Gasteiger partial charge is 0.472 e. The van der Waals surface area contributed by atoms with E-state index in [9.17, 15) is 4.39 Å². The summed E-state index contributed by atoms with van der Waals surface area (Å²) >= 11 is 0. The van der Waals surface area contributed by atoms with E-state index in [1.54, 1.807) is 12.3 Å². The fourth-order valence-corrected chi connectivity index (χ4v) is 2.68. The standard InChI is InChI=1S/C16H25FN2O2/c1-4-6-18-10-13-5-7-19-16(15(13)17)21-14-8-11(2)20-12(3)9-14/h5,7,11-12,14,18H,4,6,8-10H2,1-3H3. The molecule has 2 unspecified atom stereocenters. The Balaban J connectivity index is 2.01. The number of hydrogen-bond acceptors (Lipinski definition) is 4. The van der Waals surface area contributed by atoms with Gasteiger partial charge < -0.3 is 14.8 Å². The first-order valence-corrected chi connectivity index (χ1v) is 7.76. The number of ether oxygens (including phenoxy) is 2. The maximum absolute atomic E-state index is 14.4. The first kappa shape index (κ1) is 16.2. The van der Waals surface area contributed by atoms with Gasteiger partial charge in [-0.3, -0.25) is 0 Å². The van der Waals surface area contributed by atoms with Gasteiger partial charge in [-0.05, 0) is 32.9 Å². The molecule has 0 bridgehead atoms. The number of nitrogens with one attached hydrogen (secondary N) is 1. The lowest BCUT2D eigenvalue weighted by molar-refractivity contribution is -0.0737. The highest BCUT2D eigenvalue weighted by Crippen LogP contribution is 2.25. The van der Waals surface area contributed by atoms with Crippen molar-refractivity contribution in [2.24, 2.45) is 0 Å². The lowest BCUT2D eigenvalue weighted by Gasteiger charge is -2.32. The molecule has 21 heavy (non-hydrogen) atoms. The zero-order valence-corrected chi connectivity index (χ0v) is 13.1. The van der Waals surface area contributed by atoms with Crippen molar-refractivity contribution in [3.63, 3.8) is 0 Å². The fourth-order valence-electron chi connectivity index (χ4n) is 2.68. The minimum Gasteiger partial charge on any atom is -0.472 e. The molecular weight excluding hydrogens is 271 g/mol. The minimum atomic E-state index is -0.354. The van der Waals surface area contributed by atoms with Crippen LogP contribution in [-0.4, -0.2) is 29.8 Å². The molecular formula is C16H25FN2O2. The molecule has 1 aromatic heterocycles. The Morgan fingerprint density at radius 1 is 1.38 bits per heavy atom. The Labute approximate surface area is 126 Å². The first-order chi connectivity index (χ1) is 10.1. The summed E-state index contributed by atoms with van der Waals surface area (Å²) in [4.78, 5) is 4.05. The molecule has 1 aliphatic heterocycles. The molecule has 1 N–H and O–H groups in total. The molecule has 0 saturated carbocycles. The summed E-state index contributed by atoms with van der Waals surface area (Å²) in [6, 6.07) is 1.69. The zero-order valence-electron chi connectivity index (χ0n) is 13.1. The Morgan fingerprint density at radius 2 is 2.10 bits per heavy atom. The minimum absolute atomic E-state index is 0.0374. The molecule has 2 heterocycles. The highest BCUT2D eigenvalue weighted by molar-refractivity contribution is 5.23. The van der Waals surface area contributed by atoms with Crippen LogP contribution in [0.1, 0.15) is 45.6 Å². The number of aromatic nitrogens is 1. The Bertz CT molecular complexity index is 446. The smallest absolute Gasteiger partial charge is 0.250 e. The van der Waals surface area contributed by atoms with Gasteiger partial charge in [-0.15, -0.1) is 0 Å². The lowest BCUT2D eigenvalue weighted by Crippen LogP contribution is -2.36. The summed E-state index contributed by atoms with van der Waals surface area (Å²) in [6.45, 7) is 7.48.